The van der Waals surface area contributed by atoms with Crippen LogP contribution in [0.15, 0.2) is 29.4 Å². The van der Waals surface area contributed by atoms with Gasteiger partial charge in [0, 0.05) is 5.56 Å². The van der Waals surface area contributed by atoms with E-state index in [-0.39, 0.29) is 35.3 Å². The topological polar surface area (TPSA) is 81.6 Å². The normalized spacial score (nSPS) is 10.4. The standard InChI is InChI=1S/C11H12N2O3.Na/c1-7-3-5-9(6-4-7)10(14)13-12-8(2)11(15)16;/h3-6H,1-2H3,(H,13,14)(H,15,16);/q;+1/p-1/b12-8+;. The number of nitrogens with one attached hydrogen (secondary N) is 1. The molecule has 0 aromatic heterocycles. The van der Waals surface area contributed by atoms with Crippen molar-refractivity contribution in [1.82, 2.24) is 5.43 Å². The Kier molecular flexibility index (Phi) is 6.72. The first-order chi connectivity index (χ1) is 7.50. The summed E-state index contributed by atoms with van der Waals surface area (Å²) in [5.74, 6) is -1.87. The Bertz CT molecular complexity index is 441. The monoisotopic (exact) mass is 242 g/mol. The van der Waals surface area contributed by atoms with E-state index in [0.717, 1.165) is 5.56 Å². The summed E-state index contributed by atoms with van der Waals surface area (Å²) in [4.78, 5) is 21.8. The molecule has 0 bridgehead atoms. The maximum absolute atomic E-state index is 11.5. The molecule has 0 saturated heterocycles. The Balaban J connectivity index is 0.00000256. The number of carbonyl (C=O) groups is 2. The first-order valence-corrected chi connectivity index (χ1v) is 4.63. The first-order valence-electron chi connectivity index (χ1n) is 4.63. The number of hydrogen-bond donors (Lipinski definition) is 1. The Morgan fingerprint density at radius 3 is 2.24 bits per heavy atom. The van der Waals surface area contributed by atoms with Gasteiger partial charge < -0.3 is 9.90 Å². The molecule has 1 aromatic carbocycles. The molecule has 0 atom stereocenters. The summed E-state index contributed by atoms with van der Waals surface area (Å²) in [6.45, 7) is 3.14. The SMILES string of the molecule is C/C(=N\NC(=O)c1ccc(C)cc1)C(=O)[O-].[Na+]. The number of nitrogens with zero attached hydrogens (tertiary/aromatic N) is 1. The number of carboxylic acids is 1. The molecule has 0 radical (unpaired) electrons. The van der Waals surface area contributed by atoms with E-state index in [1.165, 1.54) is 6.92 Å². The summed E-state index contributed by atoms with van der Waals surface area (Å²) in [7, 11) is 0. The second-order valence-corrected chi connectivity index (χ2v) is 3.29. The van der Waals surface area contributed by atoms with Gasteiger partial charge in [-0.1, -0.05) is 17.7 Å². The number of aliphatic carboxylic acids is 1. The molecule has 0 fully saturated rings. The van der Waals surface area contributed by atoms with Crippen LogP contribution in [-0.2, 0) is 4.79 Å². The maximum Gasteiger partial charge on any atom is 1.00 e. The van der Waals surface area contributed by atoms with Crippen molar-refractivity contribution in [2.45, 2.75) is 13.8 Å². The van der Waals surface area contributed by atoms with Gasteiger partial charge in [-0.3, -0.25) is 4.79 Å². The molecule has 0 saturated carbocycles. The number of hydrazone groups is 1. The van der Waals surface area contributed by atoms with Crippen LogP contribution in [0.5, 0.6) is 0 Å². The molecule has 5 nitrogen and oxygen atoms in total. The number of rotatable bonds is 3. The second kappa shape index (κ2) is 7.21. The molecule has 0 aliphatic heterocycles. The number of carbonyl (C=O) groups excluding carboxylic acids is 2. The molecule has 0 aliphatic rings. The van der Waals surface area contributed by atoms with Crippen LogP contribution in [0.3, 0.4) is 0 Å². The number of amides is 1. The Labute approximate surface area is 121 Å². The van der Waals surface area contributed by atoms with Gasteiger partial charge in [0.05, 0.1) is 11.7 Å². The van der Waals surface area contributed by atoms with Gasteiger partial charge in [-0.15, -0.1) is 0 Å². The van der Waals surface area contributed by atoms with Gasteiger partial charge >= 0.3 is 29.6 Å². The third-order valence-corrected chi connectivity index (χ3v) is 1.93. The summed E-state index contributed by atoms with van der Waals surface area (Å²) in [5.41, 5.74) is 3.30. The van der Waals surface area contributed by atoms with Crippen LogP contribution < -0.4 is 40.1 Å². The third kappa shape index (κ3) is 5.12. The molecule has 1 amide bonds. The molecule has 6 heteroatoms. The summed E-state index contributed by atoms with van der Waals surface area (Å²) in [5, 5.41) is 13.7. The predicted octanol–water partition coefficient (Wildman–Crippen LogP) is -3.15. The van der Waals surface area contributed by atoms with Crippen molar-refractivity contribution in [3.63, 3.8) is 0 Å². The molecular weight excluding hydrogens is 231 g/mol. The van der Waals surface area contributed by atoms with Gasteiger partial charge in [0.1, 0.15) is 0 Å². The Morgan fingerprint density at radius 2 is 1.76 bits per heavy atom. The quantitative estimate of drug-likeness (QED) is 0.345. The fourth-order valence-electron chi connectivity index (χ4n) is 0.950. The average Bonchev–Trinajstić information content (AvgIpc) is 2.26. The van der Waals surface area contributed by atoms with E-state index in [2.05, 4.69) is 10.5 Å². The van der Waals surface area contributed by atoms with E-state index in [9.17, 15) is 14.7 Å². The molecular formula is C11H11N2NaO3. The van der Waals surface area contributed by atoms with E-state index < -0.39 is 11.9 Å². The summed E-state index contributed by atoms with van der Waals surface area (Å²) in [6.07, 6.45) is 0. The zero-order chi connectivity index (χ0) is 12.1. The van der Waals surface area contributed by atoms with Crippen LogP contribution in [0.2, 0.25) is 0 Å². The van der Waals surface area contributed by atoms with Crippen LogP contribution in [0.4, 0.5) is 0 Å². The first kappa shape index (κ1) is 15.8. The maximum atomic E-state index is 11.5. The van der Waals surface area contributed by atoms with Crippen LogP contribution in [0.25, 0.3) is 0 Å². The molecule has 0 spiro atoms. The zero-order valence-electron chi connectivity index (χ0n) is 9.98. The molecule has 0 aliphatic carbocycles. The Hall–Kier alpha value is -1.17. The molecule has 0 heterocycles. The minimum absolute atomic E-state index is 0. The largest absolute Gasteiger partial charge is 1.00 e. The van der Waals surface area contributed by atoms with Crippen LogP contribution in [-0.4, -0.2) is 17.6 Å². The zero-order valence-corrected chi connectivity index (χ0v) is 12.0. The molecule has 84 valence electrons. The van der Waals surface area contributed by atoms with Crippen LogP contribution >= 0.6 is 0 Å². The smallest absolute Gasteiger partial charge is 0.543 e. The fourth-order valence-corrected chi connectivity index (χ4v) is 0.950. The molecule has 0 unspecified atom stereocenters. The van der Waals surface area contributed by atoms with E-state index in [1.807, 2.05) is 6.92 Å². The summed E-state index contributed by atoms with van der Waals surface area (Å²) >= 11 is 0. The molecule has 1 rings (SSSR count). The number of carboxylic acid groups (broad SMARTS) is 1. The van der Waals surface area contributed by atoms with Crippen LogP contribution in [0.1, 0.15) is 22.8 Å². The minimum Gasteiger partial charge on any atom is -0.543 e. The minimum atomic E-state index is -1.41. The van der Waals surface area contributed by atoms with E-state index >= 15 is 0 Å². The van der Waals surface area contributed by atoms with Crippen molar-refractivity contribution >= 4 is 17.6 Å². The van der Waals surface area contributed by atoms with Crippen molar-refractivity contribution < 1.29 is 44.3 Å². The van der Waals surface area contributed by atoms with Gasteiger partial charge in [0.15, 0.2) is 0 Å². The van der Waals surface area contributed by atoms with Crippen molar-refractivity contribution in [2.75, 3.05) is 0 Å². The van der Waals surface area contributed by atoms with Crippen molar-refractivity contribution in [1.29, 1.82) is 0 Å². The summed E-state index contributed by atoms with van der Waals surface area (Å²) < 4.78 is 0. The Morgan fingerprint density at radius 1 is 1.24 bits per heavy atom. The van der Waals surface area contributed by atoms with Crippen LogP contribution in [0, 0.1) is 6.92 Å². The number of hydrogen-bond acceptors (Lipinski definition) is 4. The van der Waals surface area contributed by atoms with E-state index in [1.54, 1.807) is 24.3 Å². The van der Waals surface area contributed by atoms with Crippen molar-refractivity contribution in [3.8, 4) is 0 Å². The van der Waals surface area contributed by atoms with Crippen molar-refractivity contribution in [3.05, 3.63) is 35.4 Å². The predicted molar refractivity (Wildman–Crippen MR) is 56.8 cm³/mol. The molecule has 1 aromatic rings. The third-order valence-electron chi connectivity index (χ3n) is 1.93. The molecule has 1 N–H and O–H groups in total. The average molecular weight is 242 g/mol. The fraction of sp³-hybridized carbons (Fsp3) is 0.182. The van der Waals surface area contributed by atoms with Gasteiger partial charge in [-0.05, 0) is 26.0 Å². The molecule has 17 heavy (non-hydrogen) atoms. The van der Waals surface area contributed by atoms with Gasteiger partial charge in [0.25, 0.3) is 5.91 Å². The number of aryl methyl sites for hydroxylation is 1. The van der Waals surface area contributed by atoms with E-state index in [0.29, 0.717) is 5.56 Å². The van der Waals surface area contributed by atoms with Crippen molar-refractivity contribution in [2.24, 2.45) is 5.10 Å². The summed E-state index contributed by atoms with van der Waals surface area (Å²) in [6, 6.07) is 6.83. The second-order valence-electron chi connectivity index (χ2n) is 3.29. The van der Waals surface area contributed by atoms with Gasteiger partial charge in [-0.25, -0.2) is 5.43 Å². The van der Waals surface area contributed by atoms with Gasteiger partial charge in [0.2, 0.25) is 0 Å². The van der Waals surface area contributed by atoms with Gasteiger partial charge in [-0.2, -0.15) is 5.10 Å². The van der Waals surface area contributed by atoms with E-state index in [4.69, 9.17) is 0 Å². The number of benzene rings is 1.